The molecule has 1 aromatic rings. The second kappa shape index (κ2) is 1.93. The Morgan fingerprint density at radius 3 is 2.50 bits per heavy atom. The largest absolute Gasteiger partial charge is 0.417 e. The lowest BCUT2D eigenvalue weighted by Crippen LogP contribution is -1.81. The Kier molecular flexibility index (Phi) is 1.41. The molecule has 0 unspecified atom stereocenters. The predicted octanol–water partition coefficient (Wildman–Crippen LogP) is 1.17. The smallest absolute Gasteiger partial charge is 0.293 e. The number of nitrogens with zero attached hydrogens (tertiary/aromatic N) is 1. The summed E-state index contributed by atoms with van der Waals surface area (Å²) in [6, 6.07) is 0.243. The van der Waals surface area contributed by atoms with E-state index < -0.39 is 0 Å². The molecule has 0 aliphatic heterocycles. The minimum Gasteiger partial charge on any atom is -0.417 e. The first-order valence-electron chi connectivity index (χ1n) is 2.08. The average molecular weight is 224 g/mol. The van der Waals surface area contributed by atoms with Crippen molar-refractivity contribution in [1.82, 2.24) is 4.98 Å². The van der Waals surface area contributed by atoms with Crippen molar-refractivity contribution in [2.45, 2.75) is 6.92 Å². The van der Waals surface area contributed by atoms with Gasteiger partial charge < -0.3 is 10.2 Å². The van der Waals surface area contributed by atoms with Crippen LogP contribution < -0.4 is 5.73 Å². The Balaban J connectivity index is 3.14. The van der Waals surface area contributed by atoms with Crippen LogP contribution in [-0.2, 0) is 0 Å². The molecular formula is C4H5IN2O. The van der Waals surface area contributed by atoms with Crippen molar-refractivity contribution >= 4 is 28.6 Å². The van der Waals surface area contributed by atoms with Crippen LogP contribution in [0.4, 0.5) is 6.01 Å². The minimum atomic E-state index is 0.243. The summed E-state index contributed by atoms with van der Waals surface area (Å²) in [4.78, 5) is 3.81. The lowest BCUT2D eigenvalue weighted by molar-refractivity contribution is 0.550. The van der Waals surface area contributed by atoms with Gasteiger partial charge in [-0.1, -0.05) is 0 Å². The Hall–Kier alpha value is -0.260. The predicted molar refractivity (Wildman–Crippen MR) is 38.4 cm³/mol. The van der Waals surface area contributed by atoms with Crippen LogP contribution in [0.1, 0.15) is 5.69 Å². The van der Waals surface area contributed by atoms with Gasteiger partial charge in [0.2, 0.25) is 0 Å². The van der Waals surface area contributed by atoms with Gasteiger partial charge in [-0.3, -0.25) is 0 Å². The van der Waals surface area contributed by atoms with Crippen LogP contribution in [0.5, 0.6) is 0 Å². The first kappa shape index (κ1) is 5.87. The first-order chi connectivity index (χ1) is 3.70. The molecule has 1 aromatic heterocycles. The summed E-state index contributed by atoms with van der Waals surface area (Å²) in [7, 11) is 0. The fourth-order valence-electron chi connectivity index (χ4n) is 0.398. The molecule has 2 N–H and O–H groups in total. The number of nitrogen functional groups attached to an aromatic ring is 1. The second-order valence-corrected chi connectivity index (χ2v) is 2.39. The van der Waals surface area contributed by atoms with Crippen molar-refractivity contribution in [3.05, 3.63) is 9.46 Å². The van der Waals surface area contributed by atoms with Gasteiger partial charge in [0.05, 0.1) is 5.69 Å². The lowest BCUT2D eigenvalue weighted by atomic mass is 10.6. The van der Waals surface area contributed by atoms with Gasteiger partial charge in [-0.05, 0) is 6.92 Å². The minimum absolute atomic E-state index is 0.243. The van der Waals surface area contributed by atoms with Crippen LogP contribution in [-0.4, -0.2) is 4.98 Å². The van der Waals surface area contributed by atoms with Crippen molar-refractivity contribution in [3.63, 3.8) is 0 Å². The van der Waals surface area contributed by atoms with Crippen LogP contribution in [0.2, 0.25) is 0 Å². The molecule has 0 atom stereocenters. The molecule has 0 aromatic carbocycles. The van der Waals surface area contributed by atoms with Gasteiger partial charge in [-0.15, -0.1) is 0 Å². The maximum atomic E-state index is 5.20. The maximum Gasteiger partial charge on any atom is 0.293 e. The Morgan fingerprint density at radius 2 is 2.38 bits per heavy atom. The lowest BCUT2D eigenvalue weighted by Gasteiger charge is -1.74. The molecular weight excluding hydrogens is 219 g/mol. The van der Waals surface area contributed by atoms with E-state index in [-0.39, 0.29) is 6.01 Å². The van der Waals surface area contributed by atoms with Crippen LogP contribution in [0.25, 0.3) is 0 Å². The van der Waals surface area contributed by atoms with Crippen molar-refractivity contribution < 1.29 is 4.42 Å². The number of oxazole rings is 1. The highest BCUT2D eigenvalue weighted by Crippen LogP contribution is 2.12. The normalized spacial score (nSPS) is 9.75. The summed E-state index contributed by atoms with van der Waals surface area (Å²) < 4.78 is 5.63. The monoisotopic (exact) mass is 224 g/mol. The molecule has 0 amide bonds. The third kappa shape index (κ3) is 0.936. The summed E-state index contributed by atoms with van der Waals surface area (Å²) >= 11 is 2.04. The molecule has 0 fully saturated rings. The van der Waals surface area contributed by atoms with Gasteiger partial charge in [-0.2, -0.15) is 4.98 Å². The van der Waals surface area contributed by atoms with E-state index in [4.69, 9.17) is 10.2 Å². The van der Waals surface area contributed by atoms with E-state index in [0.717, 1.165) is 9.46 Å². The third-order valence-electron chi connectivity index (χ3n) is 0.757. The van der Waals surface area contributed by atoms with Gasteiger partial charge >= 0.3 is 0 Å². The Morgan fingerprint density at radius 1 is 1.75 bits per heavy atom. The van der Waals surface area contributed by atoms with Gasteiger partial charge in [0, 0.05) is 22.6 Å². The van der Waals surface area contributed by atoms with E-state index >= 15 is 0 Å². The standard InChI is InChI=1S/C4H5IN2O/c1-2-3(5)8-4(6)7-2/h1H3,(H2,6,7). The number of anilines is 1. The topological polar surface area (TPSA) is 52.0 Å². The van der Waals surface area contributed by atoms with Gasteiger partial charge in [0.15, 0.2) is 3.77 Å². The van der Waals surface area contributed by atoms with E-state index in [1.807, 2.05) is 29.5 Å². The second-order valence-electron chi connectivity index (χ2n) is 1.41. The highest BCUT2D eigenvalue weighted by Gasteiger charge is 2.00. The van der Waals surface area contributed by atoms with E-state index in [1.54, 1.807) is 0 Å². The van der Waals surface area contributed by atoms with Gasteiger partial charge in [0.25, 0.3) is 6.01 Å². The number of nitrogens with two attached hydrogens (primary N) is 1. The zero-order valence-electron chi connectivity index (χ0n) is 4.31. The molecule has 0 aliphatic carbocycles. The van der Waals surface area contributed by atoms with Gasteiger partial charge in [-0.25, -0.2) is 0 Å². The number of halogens is 1. The molecule has 0 saturated heterocycles. The van der Waals surface area contributed by atoms with E-state index in [2.05, 4.69) is 4.98 Å². The van der Waals surface area contributed by atoms with Crippen molar-refractivity contribution in [2.24, 2.45) is 0 Å². The van der Waals surface area contributed by atoms with Crippen LogP contribution in [0, 0.1) is 10.7 Å². The van der Waals surface area contributed by atoms with Crippen LogP contribution >= 0.6 is 22.6 Å². The van der Waals surface area contributed by atoms with Crippen molar-refractivity contribution in [1.29, 1.82) is 0 Å². The van der Waals surface area contributed by atoms with E-state index in [1.165, 1.54) is 0 Å². The zero-order chi connectivity index (χ0) is 6.15. The van der Waals surface area contributed by atoms with Crippen molar-refractivity contribution in [3.8, 4) is 0 Å². The average Bonchev–Trinajstić information content (AvgIpc) is 1.85. The Labute approximate surface area is 60.4 Å². The number of aryl methyl sites for hydroxylation is 1. The Bertz CT molecular complexity index is 176. The van der Waals surface area contributed by atoms with Crippen LogP contribution in [0.3, 0.4) is 0 Å². The van der Waals surface area contributed by atoms with Gasteiger partial charge in [0.1, 0.15) is 0 Å². The molecule has 44 valence electrons. The quantitative estimate of drug-likeness (QED) is 0.673. The summed E-state index contributed by atoms with van der Waals surface area (Å²) in [6.45, 7) is 1.85. The fraction of sp³-hybridized carbons (Fsp3) is 0.250. The summed E-state index contributed by atoms with van der Waals surface area (Å²) in [5, 5.41) is 0. The van der Waals surface area contributed by atoms with E-state index in [9.17, 15) is 0 Å². The van der Waals surface area contributed by atoms with Crippen LogP contribution in [0.15, 0.2) is 4.42 Å². The van der Waals surface area contributed by atoms with Crippen molar-refractivity contribution in [2.75, 3.05) is 5.73 Å². The van der Waals surface area contributed by atoms with E-state index in [0.29, 0.717) is 0 Å². The highest BCUT2D eigenvalue weighted by molar-refractivity contribution is 14.1. The summed E-state index contributed by atoms with van der Waals surface area (Å²) in [6.07, 6.45) is 0. The summed E-state index contributed by atoms with van der Waals surface area (Å²) in [5.74, 6) is 0. The molecule has 1 rings (SSSR count). The molecule has 8 heavy (non-hydrogen) atoms. The zero-order valence-corrected chi connectivity index (χ0v) is 6.47. The third-order valence-corrected chi connectivity index (χ3v) is 1.76. The molecule has 0 bridgehead atoms. The molecule has 0 spiro atoms. The molecule has 0 radical (unpaired) electrons. The molecule has 3 nitrogen and oxygen atoms in total. The first-order valence-corrected chi connectivity index (χ1v) is 3.16. The molecule has 0 saturated carbocycles. The summed E-state index contributed by atoms with van der Waals surface area (Å²) in [5.41, 5.74) is 6.05. The number of hydrogen-bond acceptors (Lipinski definition) is 3. The highest BCUT2D eigenvalue weighted by atomic mass is 127. The number of aromatic nitrogens is 1. The maximum absolute atomic E-state index is 5.20. The molecule has 4 heteroatoms. The fourth-order valence-corrected chi connectivity index (χ4v) is 0.744. The SMILES string of the molecule is Cc1nc(N)oc1I. The molecule has 1 heterocycles. The number of hydrogen-bond donors (Lipinski definition) is 1. The molecule has 0 aliphatic rings. The number of rotatable bonds is 0.